The molecule has 1 aliphatic rings. The van der Waals surface area contributed by atoms with Crippen LogP contribution in [0.3, 0.4) is 0 Å². The molecule has 1 atom stereocenters. The highest BCUT2D eigenvalue weighted by Gasteiger charge is 2.22. The fraction of sp³-hybridized carbons (Fsp3) is 0.200. The van der Waals surface area contributed by atoms with E-state index in [1.807, 2.05) is 41.7 Å². The lowest BCUT2D eigenvalue weighted by atomic mass is 10.0. The Labute approximate surface area is 131 Å². The van der Waals surface area contributed by atoms with E-state index in [-0.39, 0.29) is 0 Å². The van der Waals surface area contributed by atoms with Gasteiger partial charge in [-0.1, -0.05) is 41.4 Å². The number of hydrogen-bond donors (Lipinski definition) is 0. The maximum atomic E-state index is 6.04. The maximum absolute atomic E-state index is 6.04. The molecule has 0 bridgehead atoms. The van der Waals surface area contributed by atoms with Crippen molar-refractivity contribution in [3.63, 3.8) is 0 Å². The Morgan fingerprint density at radius 3 is 2.79 bits per heavy atom. The summed E-state index contributed by atoms with van der Waals surface area (Å²) >= 11 is 15.8. The minimum absolute atomic E-state index is 0.618. The lowest BCUT2D eigenvalue weighted by Gasteiger charge is -2.10. The fourth-order valence-electron chi connectivity index (χ4n) is 2.13. The Bertz CT molecular complexity index is 598. The summed E-state index contributed by atoms with van der Waals surface area (Å²) in [6, 6.07) is 14.5. The summed E-state index contributed by atoms with van der Waals surface area (Å²) in [4.78, 5) is 2.62. The van der Waals surface area contributed by atoms with Gasteiger partial charge in [0, 0.05) is 27.2 Å². The summed E-state index contributed by atoms with van der Waals surface area (Å²) in [5, 5.41) is 1.25. The number of rotatable bonds is 3. The van der Waals surface area contributed by atoms with Gasteiger partial charge in [0.05, 0.1) is 10.0 Å². The smallest absolute Gasteiger partial charge is 0.0603 e. The molecule has 0 amide bonds. The molecule has 0 aromatic heterocycles. The van der Waals surface area contributed by atoms with Gasteiger partial charge in [-0.05, 0) is 29.8 Å². The second-order valence-corrected chi connectivity index (χ2v) is 7.40. The third kappa shape index (κ3) is 3.08. The van der Waals surface area contributed by atoms with E-state index < -0.39 is 0 Å². The summed E-state index contributed by atoms with van der Waals surface area (Å²) in [7, 11) is 0. The first-order chi connectivity index (χ1) is 9.24. The highest BCUT2D eigenvalue weighted by Crippen LogP contribution is 2.42. The molecule has 0 fully saturated rings. The van der Waals surface area contributed by atoms with Crippen LogP contribution in [0.4, 0.5) is 0 Å². The van der Waals surface area contributed by atoms with E-state index in [4.69, 9.17) is 23.2 Å². The quantitative estimate of drug-likeness (QED) is 0.637. The Balaban J connectivity index is 1.69. The van der Waals surface area contributed by atoms with Crippen molar-refractivity contribution in [2.45, 2.75) is 15.7 Å². The van der Waals surface area contributed by atoms with Gasteiger partial charge in [-0.15, -0.1) is 23.5 Å². The molecule has 0 saturated heterocycles. The molecule has 0 spiro atoms. The van der Waals surface area contributed by atoms with E-state index in [0.717, 1.165) is 5.75 Å². The van der Waals surface area contributed by atoms with E-state index in [2.05, 4.69) is 24.3 Å². The summed E-state index contributed by atoms with van der Waals surface area (Å²) in [5.41, 5.74) is 1.49. The average Bonchev–Trinajstić information content (AvgIpc) is 2.83. The molecule has 2 aromatic rings. The maximum Gasteiger partial charge on any atom is 0.0603 e. The zero-order valence-corrected chi connectivity index (χ0v) is 13.3. The summed E-state index contributed by atoms with van der Waals surface area (Å²) < 4.78 is 0. The van der Waals surface area contributed by atoms with Crippen molar-refractivity contribution in [3.05, 3.63) is 58.1 Å². The lowest BCUT2D eigenvalue weighted by molar-refractivity contribution is 0.896. The topological polar surface area (TPSA) is 0 Å². The third-order valence-corrected chi connectivity index (χ3v) is 6.29. The standard InChI is InChI=1S/C15H12Cl2S2/c16-13-6-5-11(7-14(13)17)18-8-10-9-19-15-4-2-1-3-12(10)15/h1-7,10H,8-9H2. The van der Waals surface area contributed by atoms with Gasteiger partial charge >= 0.3 is 0 Å². The van der Waals surface area contributed by atoms with Gasteiger partial charge in [0.15, 0.2) is 0 Å². The molecule has 1 aliphatic heterocycles. The Morgan fingerprint density at radius 1 is 1.11 bits per heavy atom. The van der Waals surface area contributed by atoms with Gasteiger partial charge in [0.1, 0.15) is 0 Å². The van der Waals surface area contributed by atoms with Crippen LogP contribution in [-0.2, 0) is 0 Å². The molecule has 2 aromatic carbocycles. The molecule has 0 aliphatic carbocycles. The van der Waals surface area contributed by atoms with E-state index in [9.17, 15) is 0 Å². The van der Waals surface area contributed by atoms with Crippen molar-refractivity contribution in [2.24, 2.45) is 0 Å². The lowest BCUT2D eigenvalue weighted by Crippen LogP contribution is -1.99. The predicted molar refractivity (Wildman–Crippen MR) is 87.1 cm³/mol. The number of hydrogen-bond acceptors (Lipinski definition) is 2. The molecule has 0 radical (unpaired) electrons. The van der Waals surface area contributed by atoms with Gasteiger partial charge in [-0.2, -0.15) is 0 Å². The number of fused-ring (bicyclic) bond motifs is 1. The minimum atomic E-state index is 0.618. The van der Waals surface area contributed by atoms with Crippen molar-refractivity contribution in [3.8, 4) is 0 Å². The van der Waals surface area contributed by atoms with Gasteiger partial charge < -0.3 is 0 Å². The van der Waals surface area contributed by atoms with Crippen molar-refractivity contribution in [2.75, 3.05) is 11.5 Å². The Morgan fingerprint density at radius 2 is 1.95 bits per heavy atom. The first-order valence-electron chi connectivity index (χ1n) is 6.03. The fourth-order valence-corrected chi connectivity index (χ4v) is 4.95. The third-order valence-electron chi connectivity index (χ3n) is 3.14. The molecule has 1 unspecified atom stereocenters. The minimum Gasteiger partial charge on any atom is -0.125 e. The van der Waals surface area contributed by atoms with Crippen LogP contribution >= 0.6 is 46.7 Å². The zero-order valence-electron chi connectivity index (χ0n) is 10.1. The zero-order chi connectivity index (χ0) is 13.2. The molecular weight excluding hydrogens is 315 g/mol. The summed E-state index contributed by atoms with van der Waals surface area (Å²) in [6.07, 6.45) is 0. The van der Waals surface area contributed by atoms with Crippen LogP contribution in [-0.4, -0.2) is 11.5 Å². The molecule has 0 nitrogen and oxygen atoms in total. The van der Waals surface area contributed by atoms with Gasteiger partial charge in [-0.3, -0.25) is 0 Å². The molecule has 19 heavy (non-hydrogen) atoms. The van der Waals surface area contributed by atoms with E-state index in [1.165, 1.54) is 21.1 Å². The summed E-state index contributed by atoms with van der Waals surface area (Å²) in [6.45, 7) is 0. The normalized spacial score (nSPS) is 17.5. The number of halogens is 2. The predicted octanol–water partition coefficient (Wildman–Crippen LogP) is 5.98. The molecule has 1 heterocycles. The Hall–Kier alpha value is -0.280. The van der Waals surface area contributed by atoms with Crippen molar-refractivity contribution in [1.29, 1.82) is 0 Å². The monoisotopic (exact) mass is 326 g/mol. The van der Waals surface area contributed by atoms with Crippen LogP contribution in [0.15, 0.2) is 52.3 Å². The van der Waals surface area contributed by atoms with E-state index in [0.29, 0.717) is 16.0 Å². The van der Waals surface area contributed by atoms with Gasteiger partial charge in [0.25, 0.3) is 0 Å². The molecule has 3 rings (SSSR count). The SMILES string of the molecule is Clc1ccc(SCC2CSc3ccccc32)cc1Cl. The number of thioether (sulfide) groups is 2. The van der Waals surface area contributed by atoms with Crippen LogP contribution in [0, 0.1) is 0 Å². The van der Waals surface area contributed by atoms with Crippen molar-refractivity contribution < 1.29 is 0 Å². The highest BCUT2D eigenvalue weighted by atomic mass is 35.5. The van der Waals surface area contributed by atoms with Crippen LogP contribution in [0.25, 0.3) is 0 Å². The summed E-state index contributed by atoms with van der Waals surface area (Å²) in [5.74, 6) is 2.89. The first kappa shape index (κ1) is 13.7. The molecule has 4 heteroatoms. The molecule has 98 valence electrons. The van der Waals surface area contributed by atoms with Crippen LogP contribution in [0.2, 0.25) is 10.0 Å². The van der Waals surface area contributed by atoms with Gasteiger partial charge in [0.2, 0.25) is 0 Å². The van der Waals surface area contributed by atoms with E-state index >= 15 is 0 Å². The first-order valence-corrected chi connectivity index (χ1v) is 8.76. The Kier molecular flexibility index (Phi) is 4.33. The molecular formula is C15H12Cl2S2. The van der Waals surface area contributed by atoms with Crippen LogP contribution in [0.5, 0.6) is 0 Å². The largest absolute Gasteiger partial charge is 0.125 e. The van der Waals surface area contributed by atoms with Gasteiger partial charge in [-0.25, -0.2) is 0 Å². The van der Waals surface area contributed by atoms with Crippen molar-refractivity contribution >= 4 is 46.7 Å². The molecule has 0 saturated carbocycles. The second-order valence-electron chi connectivity index (χ2n) is 4.43. The van der Waals surface area contributed by atoms with Crippen LogP contribution < -0.4 is 0 Å². The van der Waals surface area contributed by atoms with Crippen molar-refractivity contribution in [1.82, 2.24) is 0 Å². The molecule has 0 N–H and O–H groups in total. The highest BCUT2D eigenvalue weighted by molar-refractivity contribution is 8.00. The second kappa shape index (κ2) is 6.01. The number of benzene rings is 2. The average molecular weight is 327 g/mol. The van der Waals surface area contributed by atoms with E-state index in [1.54, 1.807) is 0 Å². The van der Waals surface area contributed by atoms with Crippen LogP contribution in [0.1, 0.15) is 11.5 Å².